The van der Waals surface area contributed by atoms with Crippen LogP contribution in [0.1, 0.15) is 26.7 Å². The fraction of sp³-hybridized carbons (Fsp3) is 0.615. The quantitative estimate of drug-likeness (QED) is 0.792. The highest BCUT2D eigenvalue weighted by Gasteiger charge is 2.29. The zero-order chi connectivity index (χ0) is 14.2. The zero-order valence-electron chi connectivity index (χ0n) is 12.0. The van der Waals surface area contributed by atoms with E-state index in [1.54, 1.807) is 13.4 Å². The number of aromatic amines is 1. The number of imidazole rings is 1. The van der Waals surface area contributed by atoms with Gasteiger partial charge in [-0.1, -0.05) is 0 Å². The smallest absolute Gasteiger partial charge is 0.226 e. The Balaban J connectivity index is 1.88. The topological polar surface area (TPSA) is 87.8 Å². The molecular weight excluding hydrogens is 256 g/mol. The molecule has 1 saturated heterocycles. The van der Waals surface area contributed by atoms with Crippen LogP contribution in [-0.4, -0.2) is 45.2 Å². The molecule has 0 radical (unpaired) electrons. The number of anilines is 2. The van der Waals surface area contributed by atoms with Gasteiger partial charge in [-0.2, -0.15) is 9.97 Å². The van der Waals surface area contributed by atoms with E-state index in [1.807, 2.05) is 0 Å². The molecule has 1 fully saturated rings. The number of fused-ring (bicyclic) bond motifs is 1. The van der Waals surface area contributed by atoms with Gasteiger partial charge in [0.05, 0.1) is 11.9 Å². The molecule has 1 aliphatic heterocycles. The molecule has 1 unspecified atom stereocenters. The van der Waals surface area contributed by atoms with Gasteiger partial charge in [-0.25, -0.2) is 4.98 Å². The Bertz CT molecular complexity index is 608. The Kier molecular flexibility index (Phi) is 3.21. The molecular formula is C13H20N6O. The molecule has 1 atom stereocenters. The van der Waals surface area contributed by atoms with Crippen LogP contribution in [-0.2, 0) is 4.74 Å². The molecule has 2 aromatic rings. The average Bonchev–Trinajstić information content (AvgIpc) is 2.85. The zero-order valence-corrected chi connectivity index (χ0v) is 12.0. The summed E-state index contributed by atoms with van der Waals surface area (Å²) in [6.07, 6.45) is 3.55. The second kappa shape index (κ2) is 4.90. The Morgan fingerprint density at radius 1 is 1.40 bits per heavy atom. The maximum Gasteiger partial charge on any atom is 0.226 e. The standard InChI is InChI=1S/C13H20N6O/c1-13(2)6-8(4-5-20-13)17-11-9-10(16-7-15-9)18-12(14-3)19-11/h7-8H,4-6H2,1-3H3,(H3,14,15,16,17,18,19). The van der Waals surface area contributed by atoms with E-state index in [0.29, 0.717) is 17.6 Å². The van der Waals surface area contributed by atoms with Gasteiger partial charge in [-0.3, -0.25) is 0 Å². The SMILES string of the molecule is CNc1nc(NC2CCOC(C)(C)C2)c2[nH]cnc2n1. The molecule has 0 aliphatic carbocycles. The van der Waals surface area contributed by atoms with E-state index >= 15 is 0 Å². The Labute approximate surface area is 117 Å². The van der Waals surface area contributed by atoms with Gasteiger partial charge >= 0.3 is 0 Å². The van der Waals surface area contributed by atoms with Gasteiger partial charge in [-0.05, 0) is 26.7 Å². The van der Waals surface area contributed by atoms with E-state index in [9.17, 15) is 0 Å². The lowest BCUT2D eigenvalue weighted by molar-refractivity contribution is -0.0553. The summed E-state index contributed by atoms with van der Waals surface area (Å²) in [6.45, 7) is 5.00. The number of nitrogens with one attached hydrogen (secondary N) is 3. The number of nitrogens with zero attached hydrogens (tertiary/aromatic N) is 3. The first-order chi connectivity index (χ1) is 9.57. The van der Waals surface area contributed by atoms with Crippen LogP contribution in [0, 0.1) is 0 Å². The molecule has 0 aromatic carbocycles. The molecule has 3 rings (SSSR count). The Morgan fingerprint density at radius 2 is 2.25 bits per heavy atom. The van der Waals surface area contributed by atoms with Gasteiger partial charge < -0.3 is 20.4 Å². The van der Waals surface area contributed by atoms with E-state index < -0.39 is 0 Å². The summed E-state index contributed by atoms with van der Waals surface area (Å²) in [7, 11) is 1.80. The first-order valence-corrected chi connectivity index (χ1v) is 6.87. The number of H-pyrrole nitrogens is 1. The molecule has 0 bridgehead atoms. The summed E-state index contributed by atoms with van der Waals surface area (Å²) in [5, 5.41) is 6.46. The number of rotatable bonds is 3. The van der Waals surface area contributed by atoms with Gasteiger partial charge in [0.1, 0.15) is 5.52 Å². The molecule has 20 heavy (non-hydrogen) atoms. The molecule has 1 aliphatic rings. The third-order valence-electron chi connectivity index (χ3n) is 3.55. The molecule has 7 heteroatoms. The fourth-order valence-electron chi connectivity index (χ4n) is 2.60. The predicted octanol–water partition coefficient (Wildman–Crippen LogP) is 1.76. The normalized spacial score (nSPS) is 21.9. The van der Waals surface area contributed by atoms with Crippen LogP contribution in [0.3, 0.4) is 0 Å². The van der Waals surface area contributed by atoms with Crippen molar-refractivity contribution in [1.29, 1.82) is 0 Å². The minimum Gasteiger partial charge on any atom is -0.375 e. The molecule has 3 heterocycles. The second-order valence-corrected chi connectivity index (χ2v) is 5.69. The summed E-state index contributed by atoms with van der Waals surface area (Å²) >= 11 is 0. The highest BCUT2D eigenvalue weighted by Crippen LogP contribution is 2.27. The minimum atomic E-state index is -0.0954. The molecule has 7 nitrogen and oxygen atoms in total. The Hall–Kier alpha value is -1.89. The largest absolute Gasteiger partial charge is 0.375 e. The molecule has 108 valence electrons. The summed E-state index contributed by atoms with van der Waals surface area (Å²) in [5.41, 5.74) is 1.41. The van der Waals surface area contributed by atoms with Gasteiger partial charge in [0, 0.05) is 19.7 Å². The lowest BCUT2D eigenvalue weighted by atomic mass is 9.94. The fourth-order valence-corrected chi connectivity index (χ4v) is 2.60. The van der Waals surface area contributed by atoms with E-state index in [4.69, 9.17) is 4.74 Å². The van der Waals surface area contributed by atoms with Crippen molar-refractivity contribution in [3.63, 3.8) is 0 Å². The summed E-state index contributed by atoms with van der Waals surface area (Å²) in [4.78, 5) is 16.1. The van der Waals surface area contributed by atoms with E-state index in [1.165, 1.54) is 0 Å². The average molecular weight is 276 g/mol. The molecule has 3 N–H and O–H groups in total. The van der Waals surface area contributed by atoms with Crippen molar-refractivity contribution >= 4 is 22.9 Å². The van der Waals surface area contributed by atoms with Crippen LogP contribution >= 0.6 is 0 Å². The van der Waals surface area contributed by atoms with Crippen molar-refractivity contribution in [3.8, 4) is 0 Å². The minimum absolute atomic E-state index is 0.0954. The van der Waals surface area contributed by atoms with Crippen molar-refractivity contribution in [3.05, 3.63) is 6.33 Å². The summed E-state index contributed by atoms with van der Waals surface area (Å²) < 4.78 is 5.75. The van der Waals surface area contributed by atoms with Crippen LogP contribution < -0.4 is 10.6 Å². The van der Waals surface area contributed by atoms with Gasteiger partial charge in [-0.15, -0.1) is 0 Å². The highest BCUT2D eigenvalue weighted by atomic mass is 16.5. The van der Waals surface area contributed by atoms with Crippen LogP contribution in [0.15, 0.2) is 6.33 Å². The predicted molar refractivity (Wildman–Crippen MR) is 77.9 cm³/mol. The number of aromatic nitrogens is 4. The maximum atomic E-state index is 5.75. The molecule has 0 spiro atoms. The summed E-state index contributed by atoms with van der Waals surface area (Å²) in [5.74, 6) is 1.36. The van der Waals surface area contributed by atoms with Crippen LogP contribution in [0.25, 0.3) is 11.2 Å². The van der Waals surface area contributed by atoms with Crippen molar-refractivity contribution in [2.45, 2.75) is 38.3 Å². The Morgan fingerprint density at radius 3 is 3.00 bits per heavy atom. The summed E-state index contributed by atoms with van der Waals surface area (Å²) in [6, 6.07) is 0.338. The van der Waals surface area contributed by atoms with Crippen molar-refractivity contribution in [2.24, 2.45) is 0 Å². The lowest BCUT2D eigenvalue weighted by Gasteiger charge is -2.36. The van der Waals surface area contributed by atoms with Crippen LogP contribution in [0.4, 0.5) is 11.8 Å². The number of hydrogen-bond donors (Lipinski definition) is 3. The molecule has 2 aromatic heterocycles. The van der Waals surface area contributed by atoms with E-state index in [-0.39, 0.29) is 5.60 Å². The van der Waals surface area contributed by atoms with Crippen molar-refractivity contribution in [2.75, 3.05) is 24.3 Å². The van der Waals surface area contributed by atoms with Crippen LogP contribution in [0.2, 0.25) is 0 Å². The second-order valence-electron chi connectivity index (χ2n) is 5.69. The van der Waals surface area contributed by atoms with Crippen molar-refractivity contribution in [1.82, 2.24) is 19.9 Å². The monoisotopic (exact) mass is 276 g/mol. The van der Waals surface area contributed by atoms with Gasteiger partial charge in [0.2, 0.25) is 5.95 Å². The van der Waals surface area contributed by atoms with Crippen molar-refractivity contribution < 1.29 is 4.74 Å². The lowest BCUT2D eigenvalue weighted by Crippen LogP contribution is -2.40. The third kappa shape index (κ3) is 2.53. The third-order valence-corrected chi connectivity index (χ3v) is 3.55. The van der Waals surface area contributed by atoms with Crippen LogP contribution in [0.5, 0.6) is 0 Å². The molecule has 0 amide bonds. The highest BCUT2D eigenvalue weighted by molar-refractivity contribution is 5.83. The first-order valence-electron chi connectivity index (χ1n) is 6.87. The van der Waals surface area contributed by atoms with E-state index in [2.05, 4.69) is 44.4 Å². The maximum absolute atomic E-state index is 5.75. The van der Waals surface area contributed by atoms with Gasteiger partial charge in [0.15, 0.2) is 11.5 Å². The first kappa shape index (κ1) is 13.1. The van der Waals surface area contributed by atoms with E-state index in [0.717, 1.165) is 30.8 Å². The number of hydrogen-bond acceptors (Lipinski definition) is 6. The molecule has 0 saturated carbocycles. The number of ether oxygens (including phenoxy) is 1. The van der Waals surface area contributed by atoms with Gasteiger partial charge in [0.25, 0.3) is 0 Å².